The first-order valence-corrected chi connectivity index (χ1v) is 16.7. The molecule has 7 aromatic rings. The van der Waals surface area contributed by atoms with Gasteiger partial charge in [0, 0.05) is 32.7 Å². The minimum Gasteiger partial charge on any atom is -0.292 e. The molecule has 0 atom stereocenters. The molecular formula is C42H38BrN3. The molecule has 0 saturated carbocycles. The second-order valence-electron chi connectivity index (χ2n) is 14.2. The standard InChI is InChI=1S/C42H38BrN3/c1-41(2,3)31-20-21-36(33(25-31)27-13-8-7-9-14-27)46-37-19-11-18-35(43)39(37)45-40(46)30-16-10-15-28(23-30)34-26-32(42(4,5)6)24-29-17-12-22-44-38(29)34/h7-26H,1-6H3. The normalized spacial score (nSPS) is 12.2. The van der Waals surface area contributed by atoms with Gasteiger partial charge in [-0.05, 0) is 97.5 Å². The van der Waals surface area contributed by atoms with Crippen LogP contribution in [0.3, 0.4) is 0 Å². The van der Waals surface area contributed by atoms with E-state index in [0.717, 1.165) is 54.6 Å². The topological polar surface area (TPSA) is 30.7 Å². The van der Waals surface area contributed by atoms with Gasteiger partial charge in [-0.3, -0.25) is 9.55 Å². The molecule has 0 fully saturated rings. The van der Waals surface area contributed by atoms with E-state index in [1.54, 1.807) is 0 Å². The van der Waals surface area contributed by atoms with Crippen molar-refractivity contribution in [3.05, 3.63) is 137 Å². The van der Waals surface area contributed by atoms with Gasteiger partial charge in [0.2, 0.25) is 0 Å². The lowest BCUT2D eigenvalue weighted by molar-refractivity contribution is 0.590. The first-order valence-electron chi connectivity index (χ1n) is 15.9. The third-order valence-corrected chi connectivity index (χ3v) is 9.47. The van der Waals surface area contributed by atoms with E-state index in [4.69, 9.17) is 9.97 Å². The van der Waals surface area contributed by atoms with Gasteiger partial charge in [0.05, 0.1) is 16.7 Å². The Kier molecular flexibility index (Phi) is 7.44. The minimum atomic E-state index is 0.00367. The molecule has 228 valence electrons. The van der Waals surface area contributed by atoms with Crippen molar-refractivity contribution in [1.82, 2.24) is 14.5 Å². The first-order chi connectivity index (χ1) is 22.0. The molecule has 3 nitrogen and oxygen atoms in total. The largest absolute Gasteiger partial charge is 0.292 e. The Morgan fingerprint density at radius 1 is 0.565 bits per heavy atom. The van der Waals surface area contributed by atoms with Crippen LogP contribution in [0.25, 0.3) is 61.3 Å². The number of pyridine rings is 1. The molecule has 0 N–H and O–H groups in total. The summed E-state index contributed by atoms with van der Waals surface area (Å²) in [5.41, 5.74) is 12.3. The fourth-order valence-electron chi connectivity index (χ4n) is 6.22. The third kappa shape index (κ3) is 5.45. The van der Waals surface area contributed by atoms with Crippen LogP contribution in [0.5, 0.6) is 0 Å². The number of hydrogen-bond donors (Lipinski definition) is 0. The average molecular weight is 665 g/mol. The molecule has 0 aliphatic carbocycles. The van der Waals surface area contributed by atoms with Gasteiger partial charge < -0.3 is 0 Å². The van der Waals surface area contributed by atoms with E-state index < -0.39 is 0 Å². The predicted octanol–water partition coefficient (Wildman–Crippen LogP) is 11.9. The highest BCUT2D eigenvalue weighted by Crippen LogP contribution is 2.40. The van der Waals surface area contributed by atoms with Crippen molar-refractivity contribution in [2.75, 3.05) is 0 Å². The van der Waals surface area contributed by atoms with E-state index in [-0.39, 0.29) is 10.8 Å². The van der Waals surface area contributed by atoms with E-state index >= 15 is 0 Å². The van der Waals surface area contributed by atoms with Gasteiger partial charge in [-0.1, -0.05) is 108 Å². The predicted molar refractivity (Wildman–Crippen MR) is 198 cm³/mol. The van der Waals surface area contributed by atoms with Crippen LogP contribution in [-0.4, -0.2) is 14.5 Å². The Balaban J connectivity index is 1.50. The van der Waals surface area contributed by atoms with Crippen LogP contribution in [-0.2, 0) is 10.8 Å². The zero-order valence-corrected chi connectivity index (χ0v) is 28.9. The van der Waals surface area contributed by atoms with E-state index in [1.807, 2.05) is 12.3 Å². The molecule has 0 aliphatic rings. The van der Waals surface area contributed by atoms with Crippen molar-refractivity contribution >= 4 is 37.9 Å². The molecule has 4 heteroatoms. The summed E-state index contributed by atoms with van der Waals surface area (Å²) in [6.07, 6.45) is 1.88. The third-order valence-electron chi connectivity index (χ3n) is 8.83. The number of para-hydroxylation sites is 1. The lowest BCUT2D eigenvalue weighted by Gasteiger charge is -2.23. The fourth-order valence-corrected chi connectivity index (χ4v) is 6.66. The summed E-state index contributed by atoms with van der Waals surface area (Å²) in [5.74, 6) is 0.897. The molecule has 0 radical (unpaired) electrons. The van der Waals surface area contributed by atoms with E-state index in [2.05, 4.69) is 171 Å². The van der Waals surface area contributed by atoms with Gasteiger partial charge >= 0.3 is 0 Å². The molecule has 0 bridgehead atoms. The molecule has 0 saturated heterocycles. The van der Waals surface area contributed by atoms with Crippen LogP contribution in [0, 0.1) is 0 Å². The average Bonchev–Trinajstić information content (AvgIpc) is 3.44. The molecule has 0 amide bonds. The number of benzene rings is 5. The van der Waals surface area contributed by atoms with Crippen molar-refractivity contribution < 1.29 is 0 Å². The molecule has 2 aromatic heterocycles. The van der Waals surface area contributed by atoms with Crippen LogP contribution >= 0.6 is 15.9 Å². The number of rotatable bonds is 4. The summed E-state index contributed by atoms with van der Waals surface area (Å²) in [6.45, 7) is 13.6. The molecule has 5 aromatic carbocycles. The van der Waals surface area contributed by atoms with Crippen LogP contribution in [0.4, 0.5) is 0 Å². The number of imidazole rings is 1. The lowest BCUT2D eigenvalue weighted by Crippen LogP contribution is -2.12. The van der Waals surface area contributed by atoms with Gasteiger partial charge in [0.25, 0.3) is 0 Å². The number of fused-ring (bicyclic) bond motifs is 2. The highest BCUT2D eigenvalue weighted by atomic mass is 79.9. The van der Waals surface area contributed by atoms with Gasteiger partial charge in [-0.2, -0.15) is 0 Å². The van der Waals surface area contributed by atoms with Crippen molar-refractivity contribution in [2.24, 2.45) is 0 Å². The highest BCUT2D eigenvalue weighted by molar-refractivity contribution is 9.10. The SMILES string of the molecule is CC(C)(C)c1ccc(-n2c(-c3cccc(-c4cc(C(C)(C)C)cc5cccnc45)c3)nc3c(Br)cccc32)c(-c2ccccc2)c1. The minimum absolute atomic E-state index is 0.00367. The molecule has 7 rings (SSSR count). The van der Waals surface area contributed by atoms with Crippen molar-refractivity contribution in [1.29, 1.82) is 0 Å². The van der Waals surface area contributed by atoms with E-state index in [1.165, 1.54) is 22.3 Å². The molecule has 0 aliphatic heterocycles. The van der Waals surface area contributed by atoms with Gasteiger partial charge in [-0.15, -0.1) is 0 Å². The Morgan fingerprint density at radius 2 is 1.26 bits per heavy atom. The highest BCUT2D eigenvalue weighted by Gasteiger charge is 2.23. The number of hydrogen-bond acceptors (Lipinski definition) is 2. The van der Waals surface area contributed by atoms with E-state index in [0.29, 0.717) is 0 Å². The maximum absolute atomic E-state index is 5.32. The number of aromatic nitrogens is 3. The number of halogens is 1. The maximum atomic E-state index is 5.32. The van der Waals surface area contributed by atoms with Gasteiger partial charge in [0.1, 0.15) is 11.3 Å². The summed E-state index contributed by atoms with van der Waals surface area (Å²) in [7, 11) is 0. The van der Waals surface area contributed by atoms with Crippen LogP contribution in [0.1, 0.15) is 52.7 Å². The number of nitrogens with zero attached hydrogens (tertiary/aromatic N) is 3. The Morgan fingerprint density at radius 3 is 2.02 bits per heavy atom. The summed E-state index contributed by atoms with van der Waals surface area (Å²) >= 11 is 3.81. The molecule has 46 heavy (non-hydrogen) atoms. The van der Waals surface area contributed by atoms with Crippen molar-refractivity contribution in [3.8, 4) is 39.3 Å². The van der Waals surface area contributed by atoms with Crippen LogP contribution in [0.15, 0.2) is 126 Å². The fraction of sp³-hybridized carbons (Fsp3) is 0.190. The summed E-state index contributed by atoms with van der Waals surface area (Å²) in [6, 6.07) is 41.4. The van der Waals surface area contributed by atoms with Crippen LogP contribution < -0.4 is 0 Å². The molecule has 0 unspecified atom stereocenters. The molecular weight excluding hydrogens is 626 g/mol. The Bertz CT molecular complexity index is 2230. The Labute approximate surface area is 280 Å². The summed E-state index contributed by atoms with van der Waals surface area (Å²) in [5, 5.41) is 1.15. The quantitative estimate of drug-likeness (QED) is 0.187. The monoisotopic (exact) mass is 663 g/mol. The summed E-state index contributed by atoms with van der Waals surface area (Å²) < 4.78 is 3.30. The van der Waals surface area contributed by atoms with Gasteiger partial charge in [-0.25, -0.2) is 4.98 Å². The van der Waals surface area contributed by atoms with Crippen molar-refractivity contribution in [3.63, 3.8) is 0 Å². The van der Waals surface area contributed by atoms with Crippen LogP contribution in [0.2, 0.25) is 0 Å². The molecule has 0 spiro atoms. The second-order valence-corrected chi connectivity index (χ2v) is 15.0. The maximum Gasteiger partial charge on any atom is 0.145 e. The lowest BCUT2D eigenvalue weighted by atomic mass is 9.84. The van der Waals surface area contributed by atoms with Gasteiger partial charge in [0.15, 0.2) is 0 Å². The zero-order chi connectivity index (χ0) is 32.2. The Hall–Kier alpha value is -4.54. The first kappa shape index (κ1) is 30.1. The molecule has 2 heterocycles. The summed E-state index contributed by atoms with van der Waals surface area (Å²) in [4.78, 5) is 10.2. The van der Waals surface area contributed by atoms with Crippen molar-refractivity contribution in [2.45, 2.75) is 52.4 Å². The smallest absolute Gasteiger partial charge is 0.145 e. The second kappa shape index (κ2) is 11.4. The van der Waals surface area contributed by atoms with E-state index in [9.17, 15) is 0 Å². The zero-order valence-electron chi connectivity index (χ0n) is 27.3.